The highest BCUT2D eigenvalue weighted by molar-refractivity contribution is 6.05. The Bertz CT molecular complexity index is 715. The van der Waals surface area contributed by atoms with Crippen molar-refractivity contribution in [1.82, 2.24) is 0 Å². The van der Waals surface area contributed by atoms with E-state index >= 15 is 0 Å². The van der Waals surface area contributed by atoms with Crippen molar-refractivity contribution in [2.45, 2.75) is 0 Å². The molecule has 0 atom stereocenters. The lowest BCUT2D eigenvalue weighted by molar-refractivity contribution is 0.102. The smallest absolute Gasteiger partial charge is 0.255 e. The molecule has 120 valence electrons. The second-order valence-corrected chi connectivity index (χ2v) is 5.24. The highest BCUT2D eigenvalue weighted by Gasteiger charge is 2.17. The van der Waals surface area contributed by atoms with Crippen molar-refractivity contribution in [2.75, 3.05) is 36.5 Å². The zero-order chi connectivity index (χ0) is 16.2. The van der Waals surface area contributed by atoms with Gasteiger partial charge in [0.15, 0.2) is 0 Å². The average molecular weight is 316 g/mol. The standard InChI is InChI=1S/C17H17FN2O3/c18-13-11-12(5-6-15(13)20-7-9-23-10-8-20)17(22)19-14-3-1-2-4-16(14)21/h1-6,11,21H,7-10H2,(H,19,22). The molecule has 0 aromatic heterocycles. The molecule has 5 nitrogen and oxygen atoms in total. The van der Waals surface area contributed by atoms with Crippen LogP contribution in [0.5, 0.6) is 5.75 Å². The summed E-state index contributed by atoms with van der Waals surface area (Å²) in [5.41, 5.74) is 0.949. The van der Waals surface area contributed by atoms with Crippen molar-refractivity contribution < 1.29 is 19.0 Å². The highest BCUT2D eigenvalue weighted by Crippen LogP contribution is 2.24. The quantitative estimate of drug-likeness (QED) is 0.855. The number of benzene rings is 2. The largest absolute Gasteiger partial charge is 0.506 e. The van der Waals surface area contributed by atoms with Gasteiger partial charge >= 0.3 is 0 Å². The summed E-state index contributed by atoms with van der Waals surface area (Å²) in [4.78, 5) is 14.1. The Morgan fingerprint density at radius 1 is 1.17 bits per heavy atom. The summed E-state index contributed by atoms with van der Waals surface area (Å²) in [7, 11) is 0. The van der Waals surface area contributed by atoms with Gasteiger partial charge in [0.25, 0.3) is 5.91 Å². The Balaban J connectivity index is 1.77. The Morgan fingerprint density at radius 2 is 1.91 bits per heavy atom. The number of nitrogens with zero attached hydrogens (tertiary/aromatic N) is 1. The minimum atomic E-state index is -0.473. The number of anilines is 2. The number of phenols is 1. The molecule has 1 aliphatic heterocycles. The molecule has 0 spiro atoms. The number of phenolic OH excluding ortho intramolecular Hbond substituents is 1. The van der Waals surface area contributed by atoms with Gasteiger partial charge < -0.3 is 20.1 Å². The topological polar surface area (TPSA) is 61.8 Å². The van der Waals surface area contributed by atoms with Crippen LogP contribution in [0.25, 0.3) is 0 Å². The molecule has 1 fully saturated rings. The van der Waals surface area contributed by atoms with Crippen LogP contribution in [0.4, 0.5) is 15.8 Å². The Labute approximate surface area is 133 Å². The van der Waals surface area contributed by atoms with Gasteiger partial charge in [-0.1, -0.05) is 12.1 Å². The zero-order valence-electron chi connectivity index (χ0n) is 12.5. The number of hydrogen-bond donors (Lipinski definition) is 2. The number of rotatable bonds is 3. The maximum absolute atomic E-state index is 14.3. The lowest BCUT2D eigenvalue weighted by Crippen LogP contribution is -2.36. The second-order valence-electron chi connectivity index (χ2n) is 5.24. The molecule has 0 aliphatic carbocycles. The van der Waals surface area contributed by atoms with Crippen molar-refractivity contribution in [3.8, 4) is 5.75 Å². The number of halogens is 1. The van der Waals surface area contributed by atoms with Gasteiger partial charge in [-0.2, -0.15) is 0 Å². The van der Waals surface area contributed by atoms with Crippen molar-refractivity contribution in [3.05, 3.63) is 53.8 Å². The number of carbonyl (C=O) groups is 1. The molecule has 1 aliphatic rings. The Hall–Kier alpha value is -2.60. The van der Waals surface area contributed by atoms with Crippen LogP contribution < -0.4 is 10.2 Å². The third-order valence-corrected chi connectivity index (χ3v) is 3.71. The molecular formula is C17H17FN2O3. The number of hydrogen-bond acceptors (Lipinski definition) is 4. The highest BCUT2D eigenvalue weighted by atomic mass is 19.1. The Morgan fingerprint density at radius 3 is 2.61 bits per heavy atom. The number of amides is 1. The molecule has 0 saturated carbocycles. The van der Waals surface area contributed by atoms with Crippen LogP contribution in [0.1, 0.15) is 10.4 Å². The third-order valence-electron chi connectivity index (χ3n) is 3.71. The predicted molar refractivity (Wildman–Crippen MR) is 85.5 cm³/mol. The fraction of sp³-hybridized carbons (Fsp3) is 0.235. The summed E-state index contributed by atoms with van der Waals surface area (Å²) in [6.07, 6.45) is 0. The second kappa shape index (κ2) is 6.66. The normalized spacial score (nSPS) is 14.6. The molecule has 2 aromatic carbocycles. The maximum Gasteiger partial charge on any atom is 0.255 e. The lowest BCUT2D eigenvalue weighted by Gasteiger charge is -2.29. The minimum absolute atomic E-state index is 0.0359. The van der Waals surface area contributed by atoms with Gasteiger partial charge in [-0.3, -0.25) is 4.79 Å². The number of morpholine rings is 1. The predicted octanol–water partition coefficient (Wildman–Crippen LogP) is 2.62. The third kappa shape index (κ3) is 3.43. The summed E-state index contributed by atoms with van der Waals surface area (Å²) in [6.45, 7) is 2.38. The zero-order valence-corrected chi connectivity index (χ0v) is 12.5. The molecule has 6 heteroatoms. The van der Waals surface area contributed by atoms with E-state index in [4.69, 9.17) is 4.74 Å². The Kier molecular flexibility index (Phi) is 4.43. The molecular weight excluding hydrogens is 299 g/mol. The van der Waals surface area contributed by atoms with E-state index in [0.717, 1.165) is 0 Å². The van der Waals surface area contributed by atoms with Gasteiger partial charge in [0.1, 0.15) is 11.6 Å². The summed E-state index contributed by atoms with van der Waals surface area (Å²) in [6, 6.07) is 10.8. The summed E-state index contributed by atoms with van der Waals surface area (Å²) < 4.78 is 19.5. The summed E-state index contributed by atoms with van der Waals surface area (Å²) in [5.74, 6) is -0.956. The molecule has 0 unspecified atom stereocenters. The van der Waals surface area contributed by atoms with E-state index in [1.54, 1.807) is 30.3 Å². The van der Waals surface area contributed by atoms with Gasteiger partial charge in [0, 0.05) is 18.7 Å². The first kappa shape index (κ1) is 15.3. The van der Waals surface area contributed by atoms with Crippen molar-refractivity contribution >= 4 is 17.3 Å². The van der Waals surface area contributed by atoms with E-state index < -0.39 is 11.7 Å². The lowest BCUT2D eigenvalue weighted by atomic mass is 10.1. The fourth-order valence-corrected chi connectivity index (χ4v) is 2.48. The van der Waals surface area contributed by atoms with Crippen molar-refractivity contribution in [2.24, 2.45) is 0 Å². The van der Waals surface area contributed by atoms with Crippen LogP contribution in [0.2, 0.25) is 0 Å². The minimum Gasteiger partial charge on any atom is -0.506 e. The first-order chi connectivity index (χ1) is 11.1. The first-order valence-electron chi connectivity index (χ1n) is 7.37. The number of ether oxygens (including phenoxy) is 1. The van der Waals surface area contributed by atoms with Crippen LogP contribution in [-0.2, 0) is 4.74 Å². The van der Waals surface area contributed by atoms with E-state index in [0.29, 0.717) is 32.0 Å². The number of aromatic hydroxyl groups is 1. The molecule has 2 N–H and O–H groups in total. The van der Waals surface area contributed by atoms with Gasteiger partial charge in [-0.05, 0) is 30.3 Å². The molecule has 1 amide bonds. The molecule has 2 aromatic rings. The summed E-state index contributed by atoms with van der Waals surface area (Å²) >= 11 is 0. The number of nitrogens with one attached hydrogen (secondary N) is 1. The molecule has 0 bridgehead atoms. The van der Waals surface area contributed by atoms with E-state index in [2.05, 4.69) is 5.32 Å². The molecule has 23 heavy (non-hydrogen) atoms. The SMILES string of the molecule is O=C(Nc1ccccc1O)c1ccc(N2CCOCC2)c(F)c1. The van der Waals surface area contributed by atoms with Gasteiger partial charge in [-0.15, -0.1) is 0 Å². The van der Waals surface area contributed by atoms with Crippen molar-refractivity contribution in [3.63, 3.8) is 0 Å². The summed E-state index contributed by atoms with van der Waals surface area (Å²) in [5, 5.41) is 12.2. The molecule has 3 rings (SSSR count). The van der Waals surface area contributed by atoms with E-state index in [-0.39, 0.29) is 17.0 Å². The maximum atomic E-state index is 14.3. The van der Waals surface area contributed by atoms with Crippen LogP contribution in [0.15, 0.2) is 42.5 Å². The van der Waals surface area contributed by atoms with Crippen LogP contribution in [0, 0.1) is 5.82 Å². The number of para-hydroxylation sites is 2. The van der Waals surface area contributed by atoms with E-state index in [9.17, 15) is 14.3 Å². The first-order valence-corrected chi connectivity index (χ1v) is 7.37. The monoisotopic (exact) mass is 316 g/mol. The van der Waals surface area contributed by atoms with Gasteiger partial charge in [-0.25, -0.2) is 4.39 Å². The average Bonchev–Trinajstić information content (AvgIpc) is 2.57. The van der Waals surface area contributed by atoms with Crippen LogP contribution >= 0.6 is 0 Å². The van der Waals surface area contributed by atoms with E-state index in [1.165, 1.54) is 12.1 Å². The number of carbonyl (C=O) groups excluding carboxylic acids is 1. The molecule has 1 saturated heterocycles. The molecule has 0 radical (unpaired) electrons. The van der Waals surface area contributed by atoms with Gasteiger partial charge in [0.2, 0.25) is 0 Å². The molecule has 1 heterocycles. The van der Waals surface area contributed by atoms with Crippen molar-refractivity contribution in [1.29, 1.82) is 0 Å². The van der Waals surface area contributed by atoms with E-state index in [1.807, 2.05) is 4.90 Å². The fourth-order valence-electron chi connectivity index (χ4n) is 2.48. The van der Waals surface area contributed by atoms with Crippen LogP contribution in [-0.4, -0.2) is 37.3 Å². The van der Waals surface area contributed by atoms with Crippen LogP contribution in [0.3, 0.4) is 0 Å². The van der Waals surface area contributed by atoms with Gasteiger partial charge in [0.05, 0.1) is 24.6 Å².